The van der Waals surface area contributed by atoms with Crippen molar-refractivity contribution in [2.45, 2.75) is 25.2 Å². The summed E-state index contributed by atoms with van der Waals surface area (Å²) in [6.45, 7) is 5.74. The maximum absolute atomic E-state index is 14.7. The molecule has 2 aromatic heterocycles. The first-order chi connectivity index (χ1) is 15.9. The van der Waals surface area contributed by atoms with Gasteiger partial charge in [0.05, 0.1) is 28.0 Å². The number of benzene rings is 1. The third kappa shape index (κ3) is 5.19. The number of ether oxygens (including phenoxy) is 1. The molecule has 0 aliphatic carbocycles. The van der Waals surface area contributed by atoms with Crippen molar-refractivity contribution in [3.8, 4) is 17.0 Å². The lowest BCUT2D eigenvalue weighted by Crippen LogP contribution is -2.24. The third-order valence-corrected chi connectivity index (χ3v) is 6.86. The van der Waals surface area contributed by atoms with Crippen LogP contribution in [0.15, 0.2) is 47.8 Å². The van der Waals surface area contributed by atoms with E-state index in [1.54, 1.807) is 18.4 Å². The highest BCUT2D eigenvalue weighted by Crippen LogP contribution is 2.31. The molecule has 174 valence electrons. The topological polar surface area (TPSA) is 68.2 Å². The first-order valence-corrected chi connectivity index (χ1v) is 12.4. The molecule has 33 heavy (non-hydrogen) atoms. The molecular weight excluding hydrogens is 446 g/mol. The number of hydrogen-bond donors (Lipinski definition) is 0. The summed E-state index contributed by atoms with van der Waals surface area (Å²) in [7, 11) is -1.17. The maximum atomic E-state index is 14.7. The number of rotatable bonds is 7. The zero-order chi connectivity index (χ0) is 23.5. The second-order valence-electron chi connectivity index (χ2n) is 8.30. The van der Waals surface area contributed by atoms with Gasteiger partial charge in [-0.2, -0.15) is 0 Å². The van der Waals surface area contributed by atoms with Crippen LogP contribution in [0.2, 0.25) is 0 Å². The standard InChI is InChI=1S/C24H26F2N4O2S/c1-4-16-9-28-24(29-10-16)30-12-15(2)18(13-30)14-32-23-20(25)7-17(8-21(23)26)22-6-5-19(11-27-22)33(3)31/h5-11,15,18H,4,12-14H2,1-3H3. The van der Waals surface area contributed by atoms with Crippen molar-refractivity contribution in [3.63, 3.8) is 0 Å². The Kier molecular flexibility index (Phi) is 6.97. The molecule has 0 spiro atoms. The van der Waals surface area contributed by atoms with Crippen LogP contribution in [0.3, 0.4) is 0 Å². The maximum Gasteiger partial charge on any atom is 0.225 e. The van der Waals surface area contributed by atoms with Crippen LogP contribution in [-0.4, -0.2) is 45.1 Å². The van der Waals surface area contributed by atoms with Crippen molar-refractivity contribution in [1.82, 2.24) is 15.0 Å². The first-order valence-electron chi connectivity index (χ1n) is 10.8. The van der Waals surface area contributed by atoms with Crippen molar-refractivity contribution in [3.05, 3.63) is 60.1 Å². The fraction of sp³-hybridized carbons (Fsp3) is 0.375. The molecule has 1 fully saturated rings. The minimum atomic E-state index is -1.17. The molecule has 1 aliphatic rings. The number of anilines is 1. The lowest BCUT2D eigenvalue weighted by atomic mass is 9.99. The summed E-state index contributed by atoms with van der Waals surface area (Å²) in [5.74, 6) is -0.946. The Hall–Kier alpha value is -2.94. The van der Waals surface area contributed by atoms with Gasteiger partial charge in [0.15, 0.2) is 17.4 Å². The molecule has 0 amide bonds. The van der Waals surface area contributed by atoms with Crippen LogP contribution in [0.1, 0.15) is 19.4 Å². The summed E-state index contributed by atoms with van der Waals surface area (Å²) in [5.41, 5.74) is 1.76. The quantitative estimate of drug-likeness (QED) is 0.512. The van der Waals surface area contributed by atoms with Gasteiger partial charge >= 0.3 is 0 Å². The molecule has 9 heteroatoms. The molecule has 4 rings (SSSR count). The van der Waals surface area contributed by atoms with E-state index in [4.69, 9.17) is 4.74 Å². The Balaban J connectivity index is 1.43. The van der Waals surface area contributed by atoms with E-state index in [1.165, 1.54) is 18.3 Å². The van der Waals surface area contributed by atoms with Crippen LogP contribution in [0, 0.1) is 23.5 Å². The normalized spacial score (nSPS) is 19.0. The third-order valence-electron chi connectivity index (χ3n) is 5.95. The van der Waals surface area contributed by atoms with Gasteiger partial charge in [0, 0.05) is 49.4 Å². The average molecular weight is 473 g/mol. The molecule has 1 aromatic carbocycles. The van der Waals surface area contributed by atoms with Crippen molar-refractivity contribution in [2.75, 3.05) is 30.9 Å². The predicted molar refractivity (Wildman–Crippen MR) is 124 cm³/mol. The molecule has 0 N–H and O–H groups in total. The van der Waals surface area contributed by atoms with E-state index in [2.05, 4.69) is 33.7 Å². The molecule has 3 heterocycles. The highest BCUT2D eigenvalue weighted by molar-refractivity contribution is 7.84. The van der Waals surface area contributed by atoms with Crippen LogP contribution >= 0.6 is 0 Å². The zero-order valence-corrected chi connectivity index (χ0v) is 19.6. The van der Waals surface area contributed by atoms with Crippen LogP contribution in [0.5, 0.6) is 5.75 Å². The smallest absolute Gasteiger partial charge is 0.225 e. The molecule has 3 unspecified atom stereocenters. The minimum Gasteiger partial charge on any atom is -0.487 e. The lowest BCUT2D eigenvalue weighted by Gasteiger charge is -2.17. The Labute approximate surface area is 194 Å². The fourth-order valence-corrected chi connectivity index (χ4v) is 4.33. The Morgan fingerprint density at radius 1 is 1.09 bits per heavy atom. The van der Waals surface area contributed by atoms with Gasteiger partial charge in [0.2, 0.25) is 5.95 Å². The highest BCUT2D eigenvalue weighted by atomic mass is 32.2. The van der Waals surface area contributed by atoms with Crippen molar-refractivity contribution in [1.29, 1.82) is 0 Å². The van der Waals surface area contributed by atoms with E-state index in [1.807, 2.05) is 12.4 Å². The van der Waals surface area contributed by atoms with Gasteiger partial charge in [-0.3, -0.25) is 9.19 Å². The van der Waals surface area contributed by atoms with Gasteiger partial charge in [0.1, 0.15) is 0 Å². The van der Waals surface area contributed by atoms with Crippen molar-refractivity contribution >= 4 is 16.7 Å². The summed E-state index contributed by atoms with van der Waals surface area (Å²) in [5, 5.41) is 0. The van der Waals surface area contributed by atoms with Crippen LogP contribution in [-0.2, 0) is 17.2 Å². The van der Waals surface area contributed by atoms with E-state index in [0.29, 0.717) is 28.6 Å². The summed E-state index contributed by atoms with van der Waals surface area (Å²) in [6.07, 6.45) is 7.52. The van der Waals surface area contributed by atoms with Gasteiger partial charge in [-0.15, -0.1) is 0 Å². The van der Waals surface area contributed by atoms with Crippen LogP contribution in [0.25, 0.3) is 11.3 Å². The number of hydrogen-bond acceptors (Lipinski definition) is 6. The van der Waals surface area contributed by atoms with Gasteiger partial charge in [-0.05, 0) is 42.2 Å². The van der Waals surface area contributed by atoms with E-state index < -0.39 is 22.4 Å². The molecule has 0 bridgehead atoms. The predicted octanol–water partition coefficient (Wildman–Crippen LogP) is 4.27. The molecular formula is C24H26F2N4O2S. The summed E-state index contributed by atoms with van der Waals surface area (Å²) in [6, 6.07) is 5.63. The van der Waals surface area contributed by atoms with E-state index >= 15 is 0 Å². The number of nitrogens with zero attached hydrogens (tertiary/aromatic N) is 4. The van der Waals surface area contributed by atoms with Crippen LogP contribution < -0.4 is 9.64 Å². The number of pyridine rings is 1. The Bertz CT molecular complexity index is 1120. The number of halogens is 2. The summed E-state index contributed by atoms with van der Waals surface area (Å²) >= 11 is 0. The Morgan fingerprint density at radius 2 is 1.79 bits per heavy atom. The molecule has 0 radical (unpaired) electrons. The summed E-state index contributed by atoms with van der Waals surface area (Å²) in [4.78, 5) is 15.7. The molecule has 3 atom stereocenters. The minimum absolute atomic E-state index is 0.0852. The van der Waals surface area contributed by atoms with Crippen molar-refractivity contribution < 1.29 is 17.7 Å². The van der Waals surface area contributed by atoms with Gasteiger partial charge in [-0.25, -0.2) is 18.7 Å². The highest BCUT2D eigenvalue weighted by Gasteiger charge is 2.32. The fourth-order valence-electron chi connectivity index (χ4n) is 3.87. The van der Waals surface area contributed by atoms with E-state index in [-0.39, 0.29) is 24.2 Å². The van der Waals surface area contributed by atoms with Gasteiger partial charge in [-0.1, -0.05) is 13.8 Å². The van der Waals surface area contributed by atoms with E-state index in [0.717, 1.165) is 18.5 Å². The monoisotopic (exact) mass is 472 g/mol. The molecule has 6 nitrogen and oxygen atoms in total. The number of aryl methyl sites for hydroxylation is 1. The summed E-state index contributed by atoms with van der Waals surface area (Å²) < 4.78 is 46.5. The number of aromatic nitrogens is 3. The van der Waals surface area contributed by atoms with Gasteiger partial charge < -0.3 is 9.64 Å². The first kappa shape index (κ1) is 23.2. The lowest BCUT2D eigenvalue weighted by molar-refractivity contribution is 0.216. The average Bonchev–Trinajstić information content (AvgIpc) is 3.19. The second-order valence-corrected chi connectivity index (χ2v) is 9.68. The van der Waals surface area contributed by atoms with Gasteiger partial charge in [0.25, 0.3) is 0 Å². The molecule has 1 aliphatic heterocycles. The Morgan fingerprint density at radius 3 is 2.36 bits per heavy atom. The zero-order valence-electron chi connectivity index (χ0n) is 18.8. The molecule has 3 aromatic rings. The molecule has 0 saturated carbocycles. The SMILES string of the molecule is CCc1cnc(N2CC(C)C(COc3c(F)cc(-c4ccc(S(C)=O)cn4)cc3F)C2)nc1. The molecule has 1 saturated heterocycles. The van der Waals surface area contributed by atoms with Crippen LogP contribution in [0.4, 0.5) is 14.7 Å². The van der Waals surface area contributed by atoms with Crippen molar-refractivity contribution in [2.24, 2.45) is 11.8 Å². The largest absolute Gasteiger partial charge is 0.487 e. The van der Waals surface area contributed by atoms with E-state index in [9.17, 15) is 13.0 Å². The second kappa shape index (κ2) is 9.91.